The van der Waals surface area contributed by atoms with Crippen LogP contribution in [-0.2, 0) is 16.1 Å². The van der Waals surface area contributed by atoms with Gasteiger partial charge in [0.25, 0.3) is 0 Å². The predicted octanol–water partition coefficient (Wildman–Crippen LogP) is 3.13. The van der Waals surface area contributed by atoms with Crippen LogP contribution in [0.1, 0.15) is 18.4 Å². The number of benzene rings is 1. The largest absolute Gasteiger partial charge is 0.479 e. The number of carbonyl (C=O) groups is 1. The third kappa shape index (κ3) is 2.32. The Kier molecular flexibility index (Phi) is 3.10. The highest BCUT2D eigenvalue weighted by Crippen LogP contribution is 2.40. The molecule has 1 aliphatic rings. The molecule has 0 amide bonds. The van der Waals surface area contributed by atoms with Gasteiger partial charge in [-0.15, -0.1) is 0 Å². The third-order valence-corrected chi connectivity index (χ3v) is 3.21. The molecule has 0 radical (unpaired) electrons. The van der Waals surface area contributed by atoms with Gasteiger partial charge in [0.1, 0.15) is 0 Å². The Morgan fingerprint density at radius 2 is 2.12 bits per heavy atom. The molecule has 0 saturated heterocycles. The van der Waals surface area contributed by atoms with Crippen LogP contribution in [0.4, 0.5) is 0 Å². The van der Waals surface area contributed by atoms with Gasteiger partial charge < -0.3 is 9.84 Å². The minimum absolute atomic E-state index is 0.172. The van der Waals surface area contributed by atoms with Gasteiger partial charge in [-0.3, -0.25) is 0 Å². The number of rotatable bonds is 4. The van der Waals surface area contributed by atoms with Crippen LogP contribution in [0.5, 0.6) is 0 Å². The van der Waals surface area contributed by atoms with Crippen molar-refractivity contribution in [1.29, 1.82) is 0 Å². The number of hydrogen-bond donors (Lipinski definition) is 1. The van der Waals surface area contributed by atoms with Crippen LogP contribution < -0.4 is 0 Å². The quantitative estimate of drug-likeness (QED) is 0.905. The fraction of sp³-hybridized carbons (Fsp3) is 0.364. The van der Waals surface area contributed by atoms with Gasteiger partial charge in [0, 0.05) is 10.0 Å². The van der Waals surface area contributed by atoms with Gasteiger partial charge in [0.2, 0.25) is 0 Å². The average Bonchev–Trinajstić information content (AvgIpc) is 3.00. The Morgan fingerprint density at radius 1 is 1.44 bits per heavy atom. The lowest BCUT2D eigenvalue weighted by molar-refractivity contribution is -0.154. The number of carboxylic acid groups (broad SMARTS) is 1. The standard InChI is InChI=1S/C11H10Cl2O3/c12-8-1-2-9(13)7(5-8)6-16-11(3-4-11)10(14)15/h1-2,5H,3-4,6H2,(H,14,15). The lowest BCUT2D eigenvalue weighted by atomic mass is 10.2. The first kappa shape index (κ1) is 11.7. The van der Waals surface area contributed by atoms with Gasteiger partial charge in [0.15, 0.2) is 5.60 Å². The van der Waals surface area contributed by atoms with Crippen LogP contribution in [-0.4, -0.2) is 16.7 Å². The molecule has 0 unspecified atom stereocenters. The first-order valence-corrected chi connectivity index (χ1v) is 5.60. The summed E-state index contributed by atoms with van der Waals surface area (Å²) in [4.78, 5) is 10.9. The summed E-state index contributed by atoms with van der Waals surface area (Å²) in [5.74, 6) is -0.911. The van der Waals surface area contributed by atoms with Crippen molar-refractivity contribution in [2.45, 2.75) is 25.0 Å². The van der Waals surface area contributed by atoms with Crippen molar-refractivity contribution in [2.24, 2.45) is 0 Å². The van der Waals surface area contributed by atoms with E-state index in [-0.39, 0.29) is 6.61 Å². The molecule has 0 atom stereocenters. The van der Waals surface area contributed by atoms with E-state index in [9.17, 15) is 4.79 Å². The van der Waals surface area contributed by atoms with Crippen LogP contribution in [0, 0.1) is 0 Å². The highest BCUT2D eigenvalue weighted by Gasteiger charge is 2.51. The molecular formula is C11H10Cl2O3. The van der Waals surface area contributed by atoms with Crippen LogP contribution in [0.25, 0.3) is 0 Å². The molecule has 0 heterocycles. The highest BCUT2D eigenvalue weighted by molar-refractivity contribution is 6.33. The summed E-state index contributed by atoms with van der Waals surface area (Å²) in [6.45, 7) is 0.172. The van der Waals surface area contributed by atoms with E-state index in [4.69, 9.17) is 33.0 Å². The molecule has 1 aromatic rings. The molecule has 1 fully saturated rings. The monoisotopic (exact) mass is 260 g/mol. The van der Waals surface area contributed by atoms with Crippen molar-refractivity contribution in [3.8, 4) is 0 Å². The fourth-order valence-corrected chi connectivity index (χ4v) is 1.77. The number of ether oxygens (including phenoxy) is 1. The van der Waals surface area contributed by atoms with Crippen LogP contribution in [0.3, 0.4) is 0 Å². The van der Waals surface area contributed by atoms with Gasteiger partial charge in [-0.05, 0) is 36.6 Å². The van der Waals surface area contributed by atoms with E-state index in [1.165, 1.54) is 0 Å². The van der Waals surface area contributed by atoms with E-state index < -0.39 is 11.6 Å². The molecule has 1 N–H and O–H groups in total. The number of carboxylic acids is 1. The number of aliphatic carboxylic acids is 1. The van der Waals surface area contributed by atoms with Crippen molar-refractivity contribution in [2.75, 3.05) is 0 Å². The number of hydrogen-bond acceptors (Lipinski definition) is 2. The molecule has 3 nitrogen and oxygen atoms in total. The maximum Gasteiger partial charge on any atom is 0.335 e. The summed E-state index contributed by atoms with van der Waals surface area (Å²) in [6.07, 6.45) is 1.11. The maximum atomic E-state index is 10.9. The summed E-state index contributed by atoms with van der Waals surface area (Å²) >= 11 is 11.8. The Morgan fingerprint density at radius 3 is 2.69 bits per heavy atom. The SMILES string of the molecule is O=C(O)C1(OCc2cc(Cl)ccc2Cl)CC1. The van der Waals surface area contributed by atoms with Crippen molar-refractivity contribution < 1.29 is 14.6 Å². The lowest BCUT2D eigenvalue weighted by Gasteiger charge is -2.12. The molecule has 2 rings (SSSR count). The van der Waals surface area contributed by atoms with Gasteiger partial charge in [-0.25, -0.2) is 4.79 Å². The second kappa shape index (κ2) is 4.24. The van der Waals surface area contributed by atoms with E-state index in [0.29, 0.717) is 28.5 Å². The predicted molar refractivity (Wildman–Crippen MR) is 60.9 cm³/mol. The second-order valence-corrected chi connectivity index (χ2v) is 4.67. The van der Waals surface area contributed by atoms with E-state index in [1.54, 1.807) is 18.2 Å². The van der Waals surface area contributed by atoms with Crippen molar-refractivity contribution in [3.05, 3.63) is 33.8 Å². The lowest BCUT2D eigenvalue weighted by Crippen LogP contribution is -2.25. The van der Waals surface area contributed by atoms with Crippen molar-refractivity contribution in [1.82, 2.24) is 0 Å². The molecule has 86 valence electrons. The van der Waals surface area contributed by atoms with Crippen molar-refractivity contribution >= 4 is 29.2 Å². The third-order valence-electron chi connectivity index (χ3n) is 2.61. The molecule has 5 heteroatoms. The first-order chi connectivity index (χ1) is 7.53. The van der Waals surface area contributed by atoms with Crippen LogP contribution in [0.15, 0.2) is 18.2 Å². The summed E-state index contributed by atoms with van der Waals surface area (Å²) in [7, 11) is 0. The molecule has 16 heavy (non-hydrogen) atoms. The zero-order valence-corrected chi connectivity index (χ0v) is 9.88. The van der Waals surface area contributed by atoms with E-state index >= 15 is 0 Å². The molecule has 0 aromatic heterocycles. The fourth-order valence-electron chi connectivity index (χ4n) is 1.40. The molecule has 1 aliphatic carbocycles. The molecule has 1 aromatic carbocycles. The van der Waals surface area contributed by atoms with Crippen molar-refractivity contribution in [3.63, 3.8) is 0 Å². The minimum Gasteiger partial charge on any atom is -0.479 e. The Hall–Kier alpha value is -0.770. The Bertz CT molecular complexity index is 427. The first-order valence-electron chi connectivity index (χ1n) is 4.85. The molecule has 0 bridgehead atoms. The van der Waals surface area contributed by atoms with Crippen LogP contribution >= 0.6 is 23.2 Å². The Balaban J connectivity index is 2.05. The molecular weight excluding hydrogens is 251 g/mol. The zero-order valence-electron chi connectivity index (χ0n) is 8.37. The zero-order chi connectivity index (χ0) is 11.8. The minimum atomic E-state index is -0.994. The summed E-state index contributed by atoms with van der Waals surface area (Å²) in [6, 6.07) is 5.03. The molecule has 1 saturated carbocycles. The summed E-state index contributed by atoms with van der Waals surface area (Å²) in [5, 5.41) is 10.0. The normalized spacial score (nSPS) is 17.1. The van der Waals surface area contributed by atoms with Gasteiger partial charge in [0.05, 0.1) is 6.61 Å². The van der Waals surface area contributed by atoms with Crippen LogP contribution in [0.2, 0.25) is 10.0 Å². The summed E-state index contributed by atoms with van der Waals surface area (Å²) in [5.41, 5.74) is -0.284. The van der Waals surface area contributed by atoms with Gasteiger partial charge in [-0.2, -0.15) is 0 Å². The molecule has 0 spiro atoms. The van der Waals surface area contributed by atoms with E-state index in [1.807, 2.05) is 0 Å². The Labute approximate surface area is 103 Å². The second-order valence-electron chi connectivity index (χ2n) is 3.82. The highest BCUT2D eigenvalue weighted by atomic mass is 35.5. The maximum absolute atomic E-state index is 10.9. The smallest absolute Gasteiger partial charge is 0.335 e. The summed E-state index contributed by atoms with van der Waals surface area (Å²) < 4.78 is 5.38. The van der Waals surface area contributed by atoms with Gasteiger partial charge >= 0.3 is 5.97 Å². The van der Waals surface area contributed by atoms with Gasteiger partial charge in [-0.1, -0.05) is 23.2 Å². The van der Waals surface area contributed by atoms with E-state index in [0.717, 1.165) is 0 Å². The average molecular weight is 261 g/mol. The number of halogens is 2. The molecule has 0 aliphatic heterocycles. The topological polar surface area (TPSA) is 46.5 Å². The van der Waals surface area contributed by atoms with E-state index in [2.05, 4.69) is 0 Å².